The number of hydrogen-bond acceptors (Lipinski definition) is 4. The number of amides is 1. The molecule has 0 atom stereocenters. The molecule has 1 aromatic heterocycles. The van der Waals surface area contributed by atoms with Crippen molar-refractivity contribution in [1.29, 1.82) is 0 Å². The van der Waals surface area contributed by atoms with Crippen molar-refractivity contribution in [2.75, 3.05) is 0 Å². The van der Waals surface area contributed by atoms with Crippen LogP contribution in [0.15, 0.2) is 59.0 Å². The number of halogens is 2. The number of hydrogen-bond donors (Lipinski definition) is 1. The largest absolute Gasteiger partial charge is 0.459 e. The van der Waals surface area contributed by atoms with Crippen molar-refractivity contribution in [3.8, 4) is 11.3 Å². The lowest BCUT2D eigenvalue weighted by atomic mass is 10.2. The molecule has 0 aliphatic carbocycles. The molecule has 1 amide bonds. The second kappa shape index (κ2) is 7.59. The summed E-state index contributed by atoms with van der Waals surface area (Å²) in [7, 11) is 0. The Hall–Kier alpha value is -2.83. The molecule has 0 aliphatic heterocycles. The number of carbonyl (C=O) groups excluding carboxylic acids is 1. The van der Waals surface area contributed by atoms with Gasteiger partial charge in [0.15, 0.2) is 0 Å². The third-order valence-electron chi connectivity index (χ3n) is 3.62. The number of nitro groups is 1. The zero-order valence-electron chi connectivity index (χ0n) is 13.2. The minimum absolute atomic E-state index is 0.0120. The van der Waals surface area contributed by atoms with Crippen LogP contribution in [-0.4, -0.2) is 10.8 Å². The molecule has 0 bridgehead atoms. The predicted molar refractivity (Wildman–Crippen MR) is 98.4 cm³/mol. The van der Waals surface area contributed by atoms with E-state index in [9.17, 15) is 14.9 Å². The predicted octanol–water partition coefficient (Wildman–Crippen LogP) is 5.09. The van der Waals surface area contributed by atoms with Crippen molar-refractivity contribution >= 4 is 34.8 Å². The van der Waals surface area contributed by atoms with Crippen molar-refractivity contribution in [2.24, 2.45) is 0 Å². The van der Waals surface area contributed by atoms with Crippen molar-refractivity contribution < 1.29 is 14.1 Å². The summed E-state index contributed by atoms with van der Waals surface area (Å²) in [5, 5.41) is 14.0. The summed E-state index contributed by atoms with van der Waals surface area (Å²) in [6.07, 6.45) is 0. The number of nitro benzene ring substituents is 1. The normalized spacial score (nSPS) is 10.5. The van der Waals surface area contributed by atoms with Crippen LogP contribution in [0.2, 0.25) is 10.0 Å². The highest BCUT2D eigenvalue weighted by atomic mass is 35.5. The Labute approximate surface area is 158 Å². The molecule has 3 rings (SSSR count). The molecule has 0 aliphatic rings. The van der Waals surface area contributed by atoms with Gasteiger partial charge in [-0.3, -0.25) is 14.9 Å². The zero-order chi connectivity index (χ0) is 18.7. The highest BCUT2D eigenvalue weighted by Crippen LogP contribution is 2.25. The van der Waals surface area contributed by atoms with Crippen molar-refractivity contribution in [1.82, 2.24) is 5.32 Å². The summed E-state index contributed by atoms with van der Waals surface area (Å²) < 4.78 is 5.70. The van der Waals surface area contributed by atoms with E-state index in [0.717, 1.165) is 11.6 Å². The first-order valence-corrected chi connectivity index (χ1v) is 8.26. The fraction of sp³-hybridized carbons (Fsp3) is 0.0556. The molecule has 0 radical (unpaired) electrons. The van der Waals surface area contributed by atoms with E-state index in [-0.39, 0.29) is 22.8 Å². The molecule has 1 N–H and O–H groups in total. The molecule has 1 heterocycles. The Morgan fingerprint density at radius 1 is 1.08 bits per heavy atom. The maximum absolute atomic E-state index is 12.2. The minimum atomic E-state index is -0.575. The molecule has 8 heteroatoms. The van der Waals surface area contributed by atoms with E-state index in [2.05, 4.69) is 5.32 Å². The van der Waals surface area contributed by atoms with Gasteiger partial charge in [-0.15, -0.1) is 0 Å². The summed E-state index contributed by atoms with van der Waals surface area (Å²) in [5.41, 5.74) is 0.845. The lowest BCUT2D eigenvalue weighted by Gasteiger charge is -2.05. The monoisotopic (exact) mass is 390 g/mol. The first kappa shape index (κ1) is 18.0. The van der Waals surface area contributed by atoms with Gasteiger partial charge in [-0.1, -0.05) is 23.2 Å². The van der Waals surface area contributed by atoms with E-state index >= 15 is 0 Å². The standard InChI is InChI=1S/C18H12Cl2N2O4/c19-12-3-1-11(2-4-12)17-8-6-14(26-17)10-21-18(23)15-7-5-13(22(24)25)9-16(15)20/h1-9H,10H2,(H,21,23). The number of benzene rings is 2. The Bertz CT molecular complexity index is 968. The summed E-state index contributed by atoms with van der Waals surface area (Å²) in [6, 6.07) is 14.4. The van der Waals surface area contributed by atoms with Crippen LogP contribution in [0.4, 0.5) is 5.69 Å². The Morgan fingerprint density at radius 2 is 1.81 bits per heavy atom. The van der Waals surface area contributed by atoms with E-state index in [1.165, 1.54) is 12.1 Å². The topological polar surface area (TPSA) is 85.4 Å². The van der Waals surface area contributed by atoms with E-state index < -0.39 is 10.8 Å². The van der Waals surface area contributed by atoms with Gasteiger partial charge >= 0.3 is 0 Å². The number of carbonyl (C=O) groups is 1. The molecular formula is C18H12Cl2N2O4. The average molecular weight is 391 g/mol. The van der Waals surface area contributed by atoms with Crippen LogP contribution in [0.3, 0.4) is 0 Å². The highest BCUT2D eigenvalue weighted by molar-refractivity contribution is 6.34. The van der Waals surface area contributed by atoms with Gasteiger partial charge in [0.05, 0.1) is 22.1 Å². The van der Waals surface area contributed by atoms with E-state index in [1.54, 1.807) is 24.3 Å². The Morgan fingerprint density at radius 3 is 2.46 bits per heavy atom. The first-order valence-electron chi connectivity index (χ1n) is 7.51. The Balaban J connectivity index is 1.67. The number of non-ortho nitro benzene ring substituents is 1. The summed E-state index contributed by atoms with van der Waals surface area (Å²) >= 11 is 11.8. The summed E-state index contributed by atoms with van der Waals surface area (Å²) in [4.78, 5) is 22.3. The van der Waals surface area contributed by atoms with Gasteiger partial charge in [-0.05, 0) is 42.5 Å². The molecule has 132 valence electrons. The van der Waals surface area contributed by atoms with E-state index in [1.807, 2.05) is 12.1 Å². The zero-order valence-corrected chi connectivity index (χ0v) is 14.8. The van der Waals surface area contributed by atoms with Gasteiger partial charge in [0.2, 0.25) is 0 Å². The van der Waals surface area contributed by atoms with Crippen LogP contribution in [0.5, 0.6) is 0 Å². The second-order valence-corrected chi connectivity index (χ2v) is 6.22. The molecule has 26 heavy (non-hydrogen) atoms. The molecule has 0 unspecified atom stereocenters. The molecule has 0 spiro atoms. The van der Waals surface area contributed by atoms with Gasteiger partial charge < -0.3 is 9.73 Å². The number of furan rings is 1. The SMILES string of the molecule is O=C(NCc1ccc(-c2ccc(Cl)cc2)o1)c1ccc([N+](=O)[O-])cc1Cl. The fourth-order valence-corrected chi connectivity index (χ4v) is 2.69. The lowest BCUT2D eigenvalue weighted by Crippen LogP contribution is -2.22. The van der Waals surface area contributed by atoms with Crippen LogP contribution in [0.25, 0.3) is 11.3 Å². The smallest absolute Gasteiger partial charge is 0.270 e. The quantitative estimate of drug-likeness (QED) is 0.485. The van der Waals surface area contributed by atoms with Crippen molar-refractivity contribution in [2.45, 2.75) is 6.54 Å². The third-order valence-corrected chi connectivity index (χ3v) is 4.19. The second-order valence-electron chi connectivity index (χ2n) is 5.38. The molecule has 0 fully saturated rings. The maximum Gasteiger partial charge on any atom is 0.270 e. The van der Waals surface area contributed by atoms with Crippen LogP contribution in [0.1, 0.15) is 16.1 Å². The van der Waals surface area contributed by atoms with Gasteiger partial charge in [-0.2, -0.15) is 0 Å². The molecule has 3 aromatic rings. The van der Waals surface area contributed by atoms with Crippen LogP contribution in [-0.2, 0) is 6.54 Å². The summed E-state index contributed by atoms with van der Waals surface area (Å²) in [6.45, 7) is 0.153. The fourth-order valence-electron chi connectivity index (χ4n) is 2.31. The molecule has 2 aromatic carbocycles. The highest BCUT2D eigenvalue weighted by Gasteiger charge is 2.15. The molecule has 0 saturated heterocycles. The number of nitrogens with zero attached hydrogens (tertiary/aromatic N) is 1. The lowest BCUT2D eigenvalue weighted by molar-refractivity contribution is -0.384. The van der Waals surface area contributed by atoms with Crippen LogP contribution in [0, 0.1) is 10.1 Å². The van der Waals surface area contributed by atoms with Gasteiger partial charge in [0.1, 0.15) is 11.5 Å². The van der Waals surface area contributed by atoms with Crippen molar-refractivity contribution in [3.05, 3.63) is 86.1 Å². The number of rotatable bonds is 5. The van der Waals surface area contributed by atoms with Crippen LogP contribution >= 0.6 is 23.2 Å². The summed E-state index contributed by atoms with van der Waals surface area (Å²) in [5.74, 6) is 0.759. The van der Waals surface area contributed by atoms with E-state index in [0.29, 0.717) is 16.5 Å². The molecular weight excluding hydrogens is 379 g/mol. The van der Waals surface area contributed by atoms with Gasteiger partial charge in [0.25, 0.3) is 11.6 Å². The molecule has 0 saturated carbocycles. The minimum Gasteiger partial charge on any atom is -0.459 e. The van der Waals surface area contributed by atoms with Crippen LogP contribution < -0.4 is 5.32 Å². The van der Waals surface area contributed by atoms with Crippen molar-refractivity contribution in [3.63, 3.8) is 0 Å². The third kappa shape index (κ3) is 4.04. The Kier molecular flexibility index (Phi) is 5.25. The molecule has 6 nitrogen and oxygen atoms in total. The maximum atomic E-state index is 12.2. The van der Waals surface area contributed by atoms with Gasteiger partial charge in [-0.25, -0.2) is 0 Å². The average Bonchev–Trinajstić information content (AvgIpc) is 3.09. The van der Waals surface area contributed by atoms with Gasteiger partial charge in [0, 0.05) is 22.7 Å². The first-order chi connectivity index (χ1) is 12.4. The number of nitrogens with one attached hydrogen (secondary N) is 1. The van der Waals surface area contributed by atoms with E-state index in [4.69, 9.17) is 27.6 Å².